The molecule has 0 radical (unpaired) electrons. The first kappa shape index (κ1) is 17.1. The Balaban J connectivity index is 1.42. The van der Waals surface area contributed by atoms with E-state index in [4.69, 9.17) is 0 Å². The summed E-state index contributed by atoms with van der Waals surface area (Å²) in [4.78, 5) is 0. The fourth-order valence-corrected chi connectivity index (χ4v) is 5.31. The largest absolute Gasteiger partial charge is 0.0654 e. The topological polar surface area (TPSA) is 0 Å². The number of rotatable bonds is 7. The molecule has 0 aromatic heterocycles. The minimum Gasteiger partial charge on any atom is -0.0654 e. The molecule has 23 heavy (non-hydrogen) atoms. The molecule has 0 bridgehead atoms. The summed E-state index contributed by atoms with van der Waals surface area (Å²) in [7, 11) is 0. The second kappa shape index (κ2) is 8.90. The molecule has 2 fully saturated rings. The maximum absolute atomic E-state index is 2.35. The zero-order valence-electron chi connectivity index (χ0n) is 15.2. The molecule has 0 spiro atoms. The summed E-state index contributed by atoms with van der Waals surface area (Å²) < 4.78 is 0. The molecule has 0 N–H and O–H groups in total. The van der Waals surface area contributed by atoms with Gasteiger partial charge in [0.15, 0.2) is 0 Å². The van der Waals surface area contributed by atoms with Gasteiger partial charge in [-0.15, -0.1) is 0 Å². The van der Waals surface area contributed by atoms with Gasteiger partial charge in [-0.1, -0.05) is 82.2 Å². The van der Waals surface area contributed by atoms with E-state index in [9.17, 15) is 0 Å². The number of benzene rings is 1. The standard InChI is InChI=1S/C23H36/c1-2-3-4-5-7-10-19-13-14-23-18-22(16-15-21(23)17-19)20-11-8-6-9-12-20/h6,8-9,11-12,19,21-23H,2-5,7,10,13-18H2,1H3/t19?,21-,22-,23-/m1/s1. The van der Waals surface area contributed by atoms with E-state index in [1.54, 1.807) is 12.0 Å². The molecule has 0 saturated heterocycles. The Hall–Kier alpha value is -0.780. The number of hydrogen-bond donors (Lipinski definition) is 0. The Morgan fingerprint density at radius 2 is 1.52 bits per heavy atom. The van der Waals surface area contributed by atoms with Crippen LogP contribution in [0.2, 0.25) is 0 Å². The highest BCUT2D eigenvalue weighted by Crippen LogP contribution is 2.48. The van der Waals surface area contributed by atoms with Gasteiger partial charge in [0.1, 0.15) is 0 Å². The predicted molar refractivity (Wildman–Crippen MR) is 101 cm³/mol. The SMILES string of the molecule is CCCCCCCC1CC[C@@H]2C[C@H](c3ccccc3)CC[C@@H]2C1. The maximum Gasteiger partial charge on any atom is -0.0159 e. The van der Waals surface area contributed by atoms with Crippen LogP contribution in [0.25, 0.3) is 0 Å². The van der Waals surface area contributed by atoms with Gasteiger partial charge >= 0.3 is 0 Å². The summed E-state index contributed by atoms with van der Waals surface area (Å²) >= 11 is 0. The van der Waals surface area contributed by atoms with Crippen molar-refractivity contribution in [1.29, 1.82) is 0 Å². The molecule has 1 unspecified atom stereocenters. The third-order valence-corrected chi connectivity index (χ3v) is 6.71. The van der Waals surface area contributed by atoms with Gasteiger partial charge in [0.2, 0.25) is 0 Å². The molecule has 4 atom stereocenters. The number of fused-ring (bicyclic) bond motifs is 1. The Labute approximate surface area is 144 Å². The van der Waals surface area contributed by atoms with Crippen molar-refractivity contribution in [3.05, 3.63) is 35.9 Å². The van der Waals surface area contributed by atoms with Crippen LogP contribution in [0.3, 0.4) is 0 Å². The van der Waals surface area contributed by atoms with E-state index >= 15 is 0 Å². The van der Waals surface area contributed by atoms with Crippen LogP contribution in [-0.4, -0.2) is 0 Å². The van der Waals surface area contributed by atoms with E-state index in [2.05, 4.69) is 37.3 Å². The second-order valence-electron chi connectivity index (χ2n) is 8.32. The van der Waals surface area contributed by atoms with E-state index in [-0.39, 0.29) is 0 Å². The lowest BCUT2D eigenvalue weighted by Gasteiger charge is -2.42. The summed E-state index contributed by atoms with van der Waals surface area (Å²) in [5, 5.41) is 0. The predicted octanol–water partition coefficient (Wildman–Crippen LogP) is 7.35. The molecule has 2 aliphatic carbocycles. The molecule has 0 heteroatoms. The minimum absolute atomic E-state index is 0.850. The first-order valence-electron chi connectivity index (χ1n) is 10.4. The summed E-state index contributed by atoms with van der Waals surface area (Å²) in [6.07, 6.45) is 17.8. The van der Waals surface area contributed by atoms with Gasteiger partial charge < -0.3 is 0 Å². The van der Waals surface area contributed by atoms with Gasteiger partial charge in [0.25, 0.3) is 0 Å². The van der Waals surface area contributed by atoms with Crippen LogP contribution in [0, 0.1) is 17.8 Å². The van der Waals surface area contributed by atoms with Gasteiger partial charge in [-0.2, -0.15) is 0 Å². The van der Waals surface area contributed by atoms with Crippen molar-refractivity contribution in [2.24, 2.45) is 17.8 Å². The third kappa shape index (κ3) is 4.85. The molecular weight excluding hydrogens is 276 g/mol. The van der Waals surface area contributed by atoms with Gasteiger partial charge in [0.05, 0.1) is 0 Å². The molecule has 0 amide bonds. The zero-order valence-corrected chi connectivity index (χ0v) is 15.2. The summed E-state index contributed by atoms with van der Waals surface area (Å²) in [6.45, 7) is 2.31. The first-order valence-corrected chi connectivity index (χ1v) is 10.4. The second-order valence-corrected chi connectivity index (χ2v) is 8.32. The van der Waals surface area contributed by atoms with E-state index in [1.807, 2.05) is 0 Å². The van der Waals surface area contributed by atoms with Crippen molar-refractivity contribution < 1.29 is 0 Å². The molecule has 1 aromatic rings. The van der Waals surface area contributed by atoms with Gasteiger partial charge in [-0.3, -0.25) is 0 Å². The Morgan fingerprint density at radius 1 is 0.783 bits per heavy atom. The van der Waals surface area contributed by atoms with Crippen LogP contribution in [0.1, 0.15) is 95.5 Å². The normalized spacial score (nSPS) is 30.8. The number of hydrogen-bond acceptors (Lipinski definition) is 0. The van der Waals surface area contributed by atoms with Crippen molar-refractivity contribution in [2.75, 3.05) is 0 Å². The highest BCUT2D eigenvalue weighted by atomic mass is 14.4. The molecule has 2 saturated carbocycles. The van der Waals surface area contributed by atoms with Gasteiger partial charge in [0, 0.05) is 0 Å². The molecule has 2 aliphatic rings. The van der Waals surface area contributed by atoms with Crippen LogP contribution in [-0.2, 0) is 0 Å². The van der Waals surface area contributed by atoms with Crippen molar-refractivity contribution >= 4 is 0 Å². The van der Waals surface area contributed by atoms with Crippen molar-refractivity contribution in [3.8, 4) is 0 Å². The van der Waals surface area contributed by atoms with Crippen LogP contribution in [0.5, 0.6) is 0 Å². The van der Waals surface area contributed by atoms with Crippen molar-refractivity contribution in [3.63, 3.8) is 0 Å². The zero-order chi connectivity index (χ0) is 15.9. The summed E-state index contributed by atoms with van der Waals surface area (Å²) in [5.74, 6) is 4.00. The lowest BCUT2D eigenvalue weighted by atomic mass is 9.63. The van der Waals surface area contributed by atoms with E-state index in [1.165, 1.54) is 70.6 Å². The van der Waals surface area contributed by atoms with E-state index < -0.39 is 0 Å². The highest BCUT2D eigenvalue weighted by Gasteiger charge is 2.35. The smallest absolute Gasteiger partial charge is 0.0159 e. The average Bonchev–Trinajstić information content (AvgIpc) is 2.62. The van der Waals surface area contributed by atoms with E-state index in [0.717, 1.165) is 23.7 Å². The highest BCUT2D eigenvalue weighted by molar-refractivity contribution is 5.20. The lowest BCUT2D eigenvalue weighted by molar-refractivity contribution is 0.113. The first-order chi connectivity index (χ1) is 11.4. The lowest BCUT2D eigenvalue weighted by Crippen LogP contribution is -2.30. The minimum atomic E-state index is 0.850. The Bertz CT molecular complexity index is 435. The van der Waals surface area contributed by atoms with E-state index in [0.29, 0.717) is 0 Å². The fourth-order valence-electron chi connectivity index (χ4n) is 5.31. The Kier molecular flexibility index (Phi) is 6.60. The number of unbranched alkanes of at least 4 members (excludes halogenated alkanes) is 4. The molecule has 1 aromatic carbocycles. The third-order valence-electron chi connectivity index (χ3n) is 6.71. The quantitative estimate of drug-likeness (QED) is 0.462. The van der Waals surface area contributed by atoms with Gasteiger partial charge in [-0.25, -0.2) is 0 Å². The van der Waals surface area contributed by atoms with Crippen LogP contribution in [0.15, 0.2) is 30.3 Å². The van der Waals surface area contributed by atoms with Crippen molar-refractivity contribution in [2.45, 2.75) is 89.9 Å². The molecule has 0 nitrogen and oxygen atoms in total. The monoisotopic (exact) mass is 312 g/mol. The summed E-state index contributed by atoms with van der Waals surface area (Å²) in [5.41, 5.74) is 1.60. The molecule has 0 aliphatic heterocycles. The maximum atomic E-state index is 2.35. The molecule has 128 valence electrons. The van der Waals surface area contributed by atoms with Crippen molar-refractivity contribution in [1.82, 2.24) is 0 Å². The van der Waals surface area contributed by atoms with Gasteiger partial charge in [-0.05, 0) is 61.3 Å². The molecular formula is C23H36. The van der Waals surface area contributed by atoms with Crippen LogP contribution in [0.4, 0.5) is 0 Å². The molecule has 3 rings (SSSR count). The molecule has 0 heterocycles. The average molecular weight is 313 g/mol. The fraction of sp³-hybridized carbons (Fsp3) is 0.739. The van der Waals surface area contributed by atoms with Crippen LogP contribution >= 0.6 is 0 Å². The Morgan fingerprint density at radius 3 is 2.35 bits per heavy atom. The summed E-state index contributed by atoms with van der Waals surface area (Å²) in [6, 6.07) is 11.3. The van der Waals surface area contributed by atoms with Crippen LogP contribution < -0.4 is 0 Å².